The fourth-order valence-electron chi connectivity index (χ4n) is 3.42. The van der Waals surface area contributed by atoms with Crippen molar-refractivity contribution in [3.05, 3.63) is 29.8 Å². The van der Waals surface area contributed by atoms with Crippen LogP contribution in [-0.4, -0.2) is 18.7 Å². The van der Waals surface area contributed by atoms with Crippen LogP contribution in [0.3, 0.4) is 0 Å². The van der Waals surface area contributed by atoms with E-state index in [-0.39, 0.29) is 5.54 Å². The van der Waals surface area contributed by atoms with Gasteiger partial charge < -0.3 is 10.1 Å². The molecule has 0 saturated carbocycles. The Labute approximate surface area is 123 Å². The van der Waals surface area contributed by atoms with Crippen molar-refractivity contribution in [1.82, 2.24) is 5.32 Å². The van der Waals surface area contributed by atoms with E-state index in [4.69, 9.17) is 4.74 Å². The van der Waals surface area contributed by atoms with Gasteiger partial charge in [0.05, 0.1) is 6.61 Å². The predicted octanol–water partition coefficient (Wildman–Crippen LogP) is 4.36. The molecule has 0 radical (unpaired) electrons. The van der Waals surface area contributed by atoms with E-state index in [9.17, 15) is 0 Å². The summed E-state index contributed by atoms with van der Waals surface area (Å²) in [6.07, 6.45) is 2.28. The Balaban J connectivity index is 1.98. The topological polar surface area (TPSA) is 21.3 Å². The number of rotatable bonds is 4. The number of nitrogens with one attached hydrogen (secondary N) is 1. The Morgan fingerprint density at radius 2 is 1.85 bits per heavy atom. The SMILES string of the molecule is CC(C)(C)CC(C)(C)NCC1CCOc2ccccc21. The van der Waals surface area contributed by atoms with Gasteiger partial charge >= 0.3 is 0 Å². The van der Waals surface area contributed by atoms with Crippen LogP contribution in [0.2, 0.25) is 0 Å². The van der Waals surface area contributed by atoms with Gasteiger partial charge in [-0.1, -0.05) is 39.0 Å². The molecule has 0 aliphatic carbocycles. The normalized spacial score (nSPS) is 19.4. The smallest absolute Gasteiger partial charge is 0.122 e. The molecular weight excluding hydrogens is 246 g/mol. The van der Waals surface area contributed by atoms with E-state index in [0.717, 1.165) is 25.3 Å². The lowest BCUT2D eigenvalue weighted by atomic mass is 9.81. The third kappa shape index (κ3) is 4.24. The summed E-state index contributed by atoms with van der Waals surface area (Å²) in [6, 6.07) is 8.46. The van der Waals surface area contributed by atoms with Gasteiger partial charge in [-0.25, -0.2) is 0 Å². The third-order valence-electron chi connectivity index (χ3n) is 3.88. The molecule has 1 N–H and O–H groups in total. The summed E-state index contributed by atoms with van der Waals surface area (Å²) >= 11 is 0. The van der Waals surface area contributed by atoms with Gasteiger partial charge in [-0.15, -0.1) is 0 Å². The zero-order valence-corrected chi connectivity index (χ0v) is 13.6. The van der Waals surface area contributed by atoms with Gasteiger partial charge in [0.15, 0.2) is 0 Å². The predicted molar refractivity (Wildman–Crippen MR) is 85.4 cm³/mol. The quantitative estimate of drug-likeness (QED) is 0.881. The van der Waals surface area contributed by atoms with Crippen molar-refractivity contribution >= 4 is 0 Å². The number of fused-ring (bicyclic) bond motifs is 1. The average Bonchev–Trinajstić information content (AvgIpc) is 2.33. The van der Waals surface area contributed by atoms with Crippen LogP contribution in [-0.2, 0) is 0 Å². The van der Waals surface area contributed by atoms with Crippen molar-refractivity contribution < 1.29 is 4.74 Å². The largest absolute Gasteiger partial charge is 0.493 e. The Hall–Kier alpha value is -1.02. The lowest BCUT2D eigenvalue weighted by molar-refractivity contribution is 0.222. The summed E-state index contributed by atoms with van der Waals surface area (Å²) in [4.78, 5) is 0. The molecule has 0 saturated heterocycles. The highest BCUT2D eigenvalue weighted by Crippen LogP contribution is 2.34. The highest BCUT2D eigenvalue weighted by atomic mass is 16.5. The highest BCUT2D eigenvalue weighted by Gasteiger charge is 2.27. The standard InChI is InChI=1S/C18H29NO/c1-17(2,3)13-18(4,5)19-12-14-10-11-20-16-9-7-6-8-15(14)16/h6-9,14,19H,10-13H2,1-5H3. The molecule has 1 aliphatic rings. The monoisotopic (exact) mass is 275 g/mol. The molecule has 20 heavy (non-hydrogen) atoms. The molecule has 1 heterocycles. The van der Waals surface area contributed by atoms with Crippen LogP contribution < -0.4 is 10.1 Å². The van der Waals surface area contributed by atoms with E-state index in [1.807, 2.05) is 0 Å². The van der Waals surface area contributed by atoms with Crippen LogP contribution in [0.25, 0.3) is 0 Å². The molecule has 0 aromatic heterocycles. The van der Waals surface area contributed by atoms with E-state index < -0.39 is 0 Å². The van der Waals surface area contributed by atoms with Gasteiger partial charge in [-0.05, 0) is 43.7 Å². The Kier molecular flexibility index (Phi) is 4.43. The van der Waals surface area contributed by atoms with Crippen LogP contribution in [0.15, 0.2) is 24.3 Å². The van der Waals surface area contributed by atoms with E-state index in [2.05, 4.69) is 64.2 Å². The second kappa shape index (κ2) is 5.77. The van der Waals surface area contributed by atoms with Crippen molar-refractivity contribution in [2.24, 2.45) is 5.41 Å². The van der Waals surface area contributed by atoms with Crippen molar-refractivity contribution in [2.45, 2.75) is 58.9 Å². The number of para-hydroxylation sites is 1. The summed E-state index contributed by atoms with van der Waals surface area (Å²) in [7, 11) is 0. The summed E-state index contributed by atoms with van der Waals surface area (Å²) in [5, 5.41) is 3.77. The van der Waals surface area contributed by atoms with Gasteiger partial charge in [0, 0.05) is 18.0 Å². The van der Waals surface area contributed by atoms with Crippen LogP contribution in [0, 0.1) is 5.41 Å². The van der Waals surface area contributed by atoms with E-state index in [0.29, 0.717) is 11.3 Å². The molecule has 0 spiro atoms. The van der Waals surface area contributed by atoms with Crippen molar-refractivity contribution in [2.75, 3.05) is 13.2 Å². The second-order valence-electron chi connectivity index (χ2n) is 7.87. The molecule has 1 unspecified atom stereocenters. The molecule has 2 nitrogen and oxygen atoms in total. The third-order valence-corrected chi connectivity index (χ3v) is 3.88. The van der Waals surface area contributed by atoms with Gasteiger partial charge in [0.1, 0.15) is 5.75 Å². The maximum atomic E-state index is 5.74. The van der Waals surface area contributed by atoms with Crippen molar-refractivity contribution in [3.63, 3.8) is 0 Å². The first-order valence-electron chi connectivity index (χ1n) is 7.74. The van der Waals surface area contributed by atoms with Gasteiger partial charge in [-0.2, -0.15) is 0 Å². The Bertz CT molecular complexity index is 445. The Morgan fingerprint density at radius 1 is 1.15 bits per heavy atom. The number of hydrogen-bond donors (Lipinski definition) is 1. The van der Waals surface area contributed by atoms with E-state index >= 15 is 0 Å². The number of hydrogen-bond acceptors (Lipinski definition) is 2. The molecule has 1 aromatic rings. The maximum Gasteiger partial charge on any atom is 0.122 e. The zero-order chi connectivity index (χ0) is 14.8. The molecule has 0 fully saturated rings. The Morgan fingerprint density at radius 3 is 2.55 bits per heavy atom. The fourth-order valence-corrected chi connectivity index (χ4v) is 3.42. The summed E-state index contributed by atoms with van der Waals surface area (Å²) in [5.41, 5.74) is 1.88. The summed E-state index contributed by atoms with van der Waals surface area (Å²) < 4.78 is 5.74. The zero-order valence-electron chi connectivity index (χ0n) is 13.6. The van der Waals surface area contributed by atoms with E-state index in [1.54, 1.807) is 0 Å². The number of ether oxygens (including phenoxy) is 1. The molecule has 1 aliphatic heterocycles. The lowest BCUT2D eigenvalue weighted by Crippen LogP contribution is -2.44. The summed E-state index contributed by atoms with van der Waals surface area (Å²) in [6.45, 7) is 13.4. The van der Waals surface area contributed by atoms with Crippen LogP contribution in [0.1, 0.15) is 58.9 Å². The molecule has 2 heteroatoms. The van der Waals surface area contributed by atoms with Crippen molar-refractivity contribution in [1.29, 1.82) is 0 Å². The second-order valence-corrected chi connectivity index (χ2v) is 7.87. The molecule has 2 rings (SSSR count). The number of benzene rings is 1. The maximum absolute atomic E-state index is 5.74. The van der Waals surface area contributed by atoms with E-state index in [1.165, 1.54) is 12.0 Å². The van der Waals surface area contributed by atoms with Crippen LogP contribution in [0.5, 0.6) is 5.75 Å². The van der Waals surface area contributed by atoms with Gasteiger partial charge in [-0.3, -0.25) is 0 Å². The molecular formula is C18H29NO. The lowest BCUT2D eigenvalue weighted by Gasteiger charge is -2.36. The van der Waals surface area contributed by atoms with Crippen molar-refractivity contribution in [3.8, 4) is 5.75 Å². The molecule has 0 bridgehead atoms. The first-order valence-corrected chi connectivity index (χ1v) is 7.74. The first-order chi connectivity index (χ1) is 9.27. The molecule has 1 atom stereocenters. The fraction of sp³-hybridized carbons (Fsp3) is 0.667. The minimum Gasteiger partial charge on any atom is -0.493 e. The molecule has 1 aromatic carbocycles. The average molecular weight is 275 g/mol. The summed E-state index contributed by atoms with van der Waals surface area (Å²) in [5.74, 6) is 1.64. The van der Waals surface area contributed by atoms with Gasteiger partial charge in [0.25, 0.3) is 0 Å². The van der Waals surface area contributed by atoms with Crippen LogP contribution >= 0.6 is 0 Å². The minimum atomic E-state index is 0.172. The van der Waals surface area contributed by atoms with Gasteiger partial charge in [0.2, 0.25) is 0 Å². The molecule has 112 valence electrons. The minimum absolute atomic E-state index is 0.172. The highest BCUT2D eigenvalue weighted by molar-refractivity contribution is 5.37. The van der Waals surface area contributed by atoms with Crippen LogP contribution in [0.4, 0.5) is 0 Å². The molecule has 0 amide bonds. The first kappa shape index (κ1) is 15.4.